The summed E-state index contributed by atoms with van der Waals surface area (Å²) in [4.78, 5) is 15.6. The average Bonchev–Trinajstić information content (AvgIpc) is 2.90. The molecule has 0 aliphatic carbocycles. The standard InChI is InChI=1S/C13H15N3O3/c1-7(17)19-10-5-6-16-8-3-4-9(18-2)11(14)12(8)15-13(10)16/h3-4,10H,5-6,14H2,1-2H3. The van der Waals surface area contributed by atoms with Crippen LogP contribution in [0.25, 0.3) is 11.0 Å². The molecule has 0 bridgehead atoms. The summed E-state index contributed by atoms with van der Waals surface area (Å²) in [7, 11) is 1.57. The van der Waals surface area contributed by atoms with Crippen LogP contribution in [-0.4, -0.2) is 22.6 Å². The Morgan fingerprint density at radius 1 is 1.53 bits per heavy atom. The molecule has 1 aromatic heterocycles. The van der Waals surface area contributed by atoms with Gasteiger partial charge in [-0.05, 0) is 12.1 Å². The SMILES string of the molecule is COc1ccc2c(nc3n2CCC3OC(C)=O)c1N. The van der Waals surface area contributed by atoms with Gasteiger partial charge in [0.1, 0.15) is 17.0 Å². The molecule has 0 saturated heterocycles. The number of anilines is 1. The van der Waals surface area contributed by atoms with E-state index in [0.717, 1.165) is 24.3 Å². The van der Waals surface area contributed by atoms with Crippen LogP contribution in [0.15, 0.2) is 12.1 Å². The Hall–Kier alpha value is -2.24. The van der Waals surface area contributed by atoms with Crippen LogP contribution < -0.4 is 10.5 Å². The molecule has 6 heteroatoms. The van der Waals surface area contributed by atoms with Crippen molar-refractivity contribution in [2.24, 2.45) is 0 Å². The third-order valence-electron chi connectivity index (χ3n) is 3.38. The minimum atomic E-state index is -0.295. The molecule has 100 valence electrons. The second-order valence-corrected chi connectivity index (χ2v) is 4.56. The molecular formula is C13H15N3O3. The van der Waals surface area contributed by atoms with Crippen LogP contribution in [0.3, 0.4) is 0 Å². The smallest absolute Gasteiger partial charge is 0.303 e. The van der Waals surface area contributed by atoms with E-state index in [2.05, 4.69) is 4.98 Å². The van der Waals surface area contributed by atoms with Gasteiger partial charge in [-0.25, -0.2) is 4.98 Å². The van der Waals surface area contributed by atoms with Crippen molar-refractivity contribution < 1.29 is 14.3 Å². The van der Waals surface area contributed by atoms with Crippen molar-refractivity contribution in [3.63, 3.8) is 0 Å². The van der Waals surface area contributed by atoms with Crippen LogP contribution in [0.1, 0.15) is 25.3 Å². The number of hydrogen-bond donors (Lipinski definition) is 1. The molecule has 0 amide bonds. The van der Waals surface area contributed by atoms with Crippen LogP contribution in [0.5, 0.6) is 5.75 Å². The quantitative estimate of drug-likeness (QED) is 0.656. The van der Waals surface area contributed by atoms with E-state index in [4.69, 9.17) is 15.2 Å². The number of methoxy groups -OCH3 is 1. The maximum absolute atomic E-state index is 11.1. The molecule has 1 aliphatic heterocycles. The van der Waals surface area contributed by atoms with E-state index in [0.29, 0.717) is 17.0 Å². The van der Waals surface area contributed by atoms with E-state index in [-0.39, 0.29) is 12.1 Å². The summed E-state index contributed by atoms with van der Waals surface area (Å²) in [6, 6.07) is 3.75. The highest BCUT2D eigenvalue weighted by Crippen LogP contribution is 2.37. The molecule has 1 aromatic carbocycles. The zero-order valence-corrected chi connectivity index (χ0v) is 10.8. The number of benzene rings is 1. The van der Waals surface area contributed by atoms with Crippen LogP contribution in [0.2, 0.25) is 0 Å². The Balaban J connectivity index is 2.13. The van der Waals surface area contributed by atoms with Gasteiger partial charge in [0, 0.05) is 19.9 Å². The van der Waals surface area contributed by atoms with Gasteiger partial charge in [0.15, 0.2) is 11.9 Å². The first-order valence-corrected chi connectivity index (χ1v) is 6.11. The summed E-state index contributed by atoms with van der Waals surface area (Å²) < 4.78 is 12.5. The summed E-state index contributed by atoms with van der Waals surface area (Å²) in [6.07, 6.45) is 0.472. The molecular weight excluding hydrogens is 246 g/mol. The normalized spacial score (nSPS) is 17.5. The first-order valence-electron chi connectivity index (χ1n) is 6.11. The summed E-state index contributed by atoms with van der Waals surface area (Å²) in [5.74, 6) is 1.06. The van der Waals surface area contributed by atoms with Gasteiger partial charge in [0.25, 0.3) is 0 Å². The minimum Gasteiger partial charge on any atom is -0.495 e. The Labute approximate surface area is 110 Å². The zero-order chi connectivity index (χ0) is 13.6. The number of nitrogens with two attached hydrogens (primary N) is 1. The van der Waals surface area contributed by atoms with Crippen LogP contribution in [0, 0.1) is 0 Å². The lowest BCUT2D eigenvalue weighted by molar-refractivity contribution is -0.146. The van der Waals surface area contributed by atoms with E-state index in [1.807, 2.05) is 16.7 Å². The number of aryl methyl sites for hydroxylation is 1. The van der Waals surface area contributed by atoms with Crippen molar-refractivity contribution in [3.8, 4) is 5.75 Å². The van der Waals surface area contributed by atoms with Gasteiger partial charge in [0.2, 0.25) is 0 Å². The van der Waals surface area contributed by atoms with Gasteiger partial charge in [0.05, 0.1) is 12.6 Å². The number of aromatic nitrogens is 2. The lowest BCUT2D eigenvalue weighted by atomic mass is 10.2. The average molecular weight is 261 g/mol. The summed E-state index contributed by atoms with van der Waals surface area (Å²) in [5, 5.41) is 0. The second kappa shape index (κ2) is 4.15. The lowest BCUT2D eigenvalue weighted by Crippen LogP contribution is -2.06. The first kappa shape index (κ1) is 11.8. The predicted octanol–water partition coefficient (Wildman–Crippen LogP) is 1.64. The molecule has 19 heavy (non-hydrogen) atoms. The molecule has 2 aromatic rings. The number of carbonyl (C=O) groups is 1. The Kier molecular flexibility index (Phi) is 2.58. The highest BCUT2D eigenvalue weighted by Gasteiger charge is 2.29. The molecule has 1 aliphatic rings. The number of carbonyl (C=O) groups excluding carboxylic acids is 1. The van der Waals surface area contributed by atoms with E-state index in [9.17, 15) is 4.79 Å². The van der Waals surface area contributed by atoms with Gasteiger partial charge < -0.3 is 19.8 Å². The number of nitrogens with zero attached hydrogens (tertiary/aromatic N) is 2. The number of fused-ring (bicyclic) bond motifs is 3. The molecule has 3 rings (SSSR count). The van der Waals surface area contributed by atoms with Crippen LogP contribution in [-0.2, 0) is 16.1 Å². The van der Waals surface area contributed by atoms with E-state index in [1.165, 1.54) is 6.92 Å². The molecule has 0 fully saturated rings. The monoisotopic (exact) mass is 261 g/mol. The number of esters is 1. The number of nitrogen functional groups attached to an aromatic ring is 1. The van der Waals surface area contributed by atoms with E-state index >= 15 is 0 Å². The van der Waals surface area contributed by atoms with Gasteiger partial charge in [-0.15, -0.1) is 0 Å². The Morgan fingerprint density at radius 3 is 3.00 bits per heavy atom. The number of imidazole rings is 1. The first-order chi connectivity index (χ1) is 9.11. The summed E-state index contributed by atoms with van der Waals surface area (Å²) >= 11 is 0. The van der Waals surface area contributed by atoms with Crippen LogP contribution in [0.4, 0.5) is 5.69 Å². The lowest BCUT2D eigenvalue weighted by Gasteiger charge is -2.07. The van der Waals surface area contributed by atoms with Crippen LogP contribution >= 0.6 is 0 Å². The summed E-state index contributed by atoms with van der Waals surface area (Å²) in [5.41, 5.74) is 8.19. The van der Waals surface area contributed by atoms with Gasteiger partial charge in [-0.1, -0.05) is 0 Å². The molecule has 0 saturated carbocycles. The van der Waals surface area contributed by atoms with Gasteiger partial charge >= 0.3 is 5.97 Å². The predicted molar refractivity (Wildman–Crippen MR) is 69.8 cm³/mol. The fraction of sp³-hybridized carbons (Fsp3) is 0.385. The van der Waals surface area contributed by atoms with Crippen molar-refractivity contribution in [1.82, 2.24) is 9.55 Å². The number of rotatable bonds is 2. The fourth-order valence-corrected chi connectivity index (χ4v) is 2.56. The van der Waals surface area contributed by atoms with Crippen molar-refractivity contribution in [2.75, 3.05) is 12.8 Å². The van der Waals surface area contributed by atoms with Crippen molar-refractivity contribution >= 4 is 22.7 Å². The summed E-state index contributed by atoms with van der Waals surface area (Å²) in [6.45, 7) is 2.18. The molecule has 2 heterocycles. The van der Waals surface area contributed by atoms with E-state index in [1.54, 1.807) is 7.11 Å². The molecule has 0 radical (unpaired) electrons. The molecule has 0 spiro atoms. The topological polar surface area (TPSA) is 79.4 Å². The second-order valence-electron chi connectivity index (χ2n) is 4.56. The van der Waals surface area contributed by atoms with Gasteiger partial charge in [-0.3, -0.25) is 4.79 Å². The zero-order valence-electron chi connectivity index (χ0n) is 10.8. The Morgan fingerprint density at radius 2 is 2.32 bits per heavy atom. The molecule has 6 nitrogen and oxygen atoms in total. The largest absolute Gasteiger partial charge is 0.495 e. The third-order valence-corrected chi connectivity index (χ3v) is 3.38. The third kappa shape index (κ3) is 1.71. The maximum Gasteiger partial charge on any atom is 0.303 e. The maximum atomic E-state index is 11.1. The number of ether oxygens (including phenoxy) is 2. The molecule has 1 atom stereocenters. The highest BCUT2D eigenvalue weighted by molar-refractivity contribution is 5.91. The van der Waals surface area contributed by atoms with Crippen molar-refractivity contribution in [1.29, 1.82) is 0 Å². The van der Waals surface area contributed by atoms with E-state index < -0.39 is 0 Å². The Bertz CT molecular complexity index is 663. The van der Waals surface area contributed by atoms with Gasteiger partial charge in [-0.2, -0.15) is 0 Å². The van der Waals surface area contributed by atoms with Crippen molar-refractivity contribution in [3.05, 3.63) is 18.0 Å². The number of hydrogen-bond acceptors (Lipinski definition) is 5. The fourth-order valence-electron chi connectivity index (χ4n) is 2.56. The highest BCUT2D eigenvalue weighted by atomic mass is 16.5. The molecule has 2 N–H and O–H groups in total. The minimum absolute atomic E-state index is 0.282. The molecule has 1 unspecified atom stereocenters. The van der Waals surface area contributed by atoms with Crippen molar-refractivity contribution in [2.45, 2.75) is 26.0 Å².